The molecule has 0 radical (unpaired) electrons. The van der Waals surface area contributed by atoms with Crippen molar-refractivity contribution >= 4 is 21.7 Å². The monoisotopic (exact) mass is 287 g/mol. The Morgan fingerprint density at radius 3 is 3.25 bits per heavy atom. The third-order valence-corrected chi connectivity index (χ3v) is 3.36. The molecule has 16 heavy (non-hydrogen) atoms. The summed E-state index contributed by atoms with van der Waals surface area (Å²) in [6.45, 7) is 3.33. The zero-order valence-corrected chi connectivity index (χ0v) is 10.6. The second kappa shape index (κ2) is 4.97. The van der Waals surface area contributed by atoms with Crippen molar-refractivity contribution in [1.29, 1.82) is 0 Å². The minimum Gasteiger partial charge on any atom is -0.373 e. The van der Waals surface area contributed by atoms with Gasteiger partial charge < -0.3 is 14.6 Å². The number of aromatic nitrogens is 2. The number of aromatic amines is 1. The SMILES string of the molecule is CC1COC(CBr)CN1c1ncc[nH]c1=O. The highest BCUT2D eigenvalue weighted by molar-refractivity contribution is 9.09. The molecule has 1 fully saturated rings. The fourth-order valence-corrected chi connectivity index (χ4v) is 2.15. The van der Waals surface area contributed by atoms with Crippen molar-refractivity contribution in [3.05, 3.63) is 22.7 Å². The summed E-state index contributed by atoms with van der Waals surface area (Å²) >= 11 is 3.39. The van der Waals surface area contributed by atoms with Crippen LogP contribution in [0.4, 0.5) is 5.82 Å². The van der Waals surface area contributed by atoms with Crippen molar-refractivity contribution in [2.45, 2.75) is 19.1 Å². The summed E-state index contributed by atoms with van der Waals surface area (Å²) in [5.41, 5.74) is -0.149. The molecule has 5 nitrogen and oxygen atoms in total. The van der Waals surface area contributed by atoms with E-state index in [-0.39, 0.29) is 17.7 Å². The molecule has 1 aromatic rings. The van der Waals surface area contributed by atoms with Crippen LogP contribution in [-0.2, 0) is 4.74 Å². The van der Waals surface area contributed by atoms with Gasteiger partial charge in [-0.1, -0.05) is 15.9 Å². The molecule has 0 bridgehead atoms. The second-order valence-electron chi connectivity index (χ2n) is 3.85. The molecule has 2 rings (SSSR count). The number of rotatable bonds is 2. The second-order valence-corrected chi connectivity index (χ2v) is 4.50. The fourth-order valence-electron chi connectivity index (χ4n) is 1.75. The van der Waals surface area contributed by atoms with Gasteiger partial charge in [0.15, 0.2) is 5.82 Å². The Morgan fingerprint density at radius 2 is 2.56 bits per heavy atom. The van der Waals surface area contributed by atoms with Gasteiger partial charge in [-0.3, -0.25) is 4.79 Å². The minimum atomic E-state index is -0.149. The molecule has 88 valence electrons. The number of halogens is 1. The van der Waals surface area contributed by atoms with E-state index in [9.17, 15) is 4.79 Å². The van der Waals surface area contributed by atoms with Gasteiger partial charge in [0.05, 0.1) is 18.8 Å². The standard InChI is InChI=1S/C10H14BrN3O2/c1-7-6-16-8(4-11)5-14(7)9-10(15)13-3-2-12-9/h2-3,7-8H,4-6H2,1H3,(H,13,15). The first kappa shape index (κ1) is 11.6. The first-order valence-electron chi connectivity index (χ1n) is 5.20. The summed E-state index contributed by atoms with van der Waals surface area (Å²) in [6, 6.07) is 0.172. The van der Waals surface area contributed by atoms with Crippen molar-refractivity contribution in [3.63, 3.8) is 0 Å². The lowest BCUT2D eigenvalue weighted by atomic mass is 10.2. The number of morpholine rings is 1. The number of hydrogen-bond acceptors (Lipinski definition) is 4. The molecule has 2 heterocycles. The topological polar surface area (TPSA) is 58.2 Å². The van der Waals surface area contributed by atoms with E-state index in [1.54, 1.807) is 12.4 Å². The number of nitrogens with one attached hydrogen (secondary N) is 1. The van der Waals surface area contributed by atoms with Crippen LogP contribution in [0.25, 0.3) is 0 Å². The van der Waals surface area contributed by atoms with Crippen molar-refractivity contribution in [3.8, 4) is 0 Å². The van der Waals surface area contributed by atoms with E-state index < -0.39 is 0 Å². The summed E-state index contributed by atoms with van der Waals surface area (Å²) in [5.74, 6) is 0.476. The maximum absolute atomic E-state index is 11.6. The van der Waals surface area contributed by atoms with Crippen LogP contribution >= 0.6 is 15.9 Å². The molecule has 0 aliphatic carbocycles. The summed E-state index contributed by atoms with van der Waals surface area (Å²) in [6.07, 6.45) is 3.25. The van der Waals surface area contributed by atoms with Gasteiger partial charge in [-0.05, 0) is 6.92 Å². The van der Waals surface area contributed by atoms with Crippen molar-refractivity contribution < 1.29 is 4.74 Å². The van der Waals surface area contributed by atoms with E-state index in [2.05, 4.69) is 25.9 Å². The van der Waals surface area contributed by atoms with Crippen LogP contribution in [0.15, 0.2) is 17.2 Å². The molecular weight excluding hydrogens is 274 g/mol. The Kier molecular flexibility index (Phi) is 3.60. The number of hydrogen-bond donors (Lipinski definition) is 1. The number of H-pyrrole nitrogens is 1. The van der Waals surface area contributed by atoms with E-state index in [0.717, 1.165) is 5.33 Å². The Labute approximate surface area is 102 Å². The maximum Gasteiger partial charge on any atom is 0.290 e. The largest absolute Gasteiger partial charge is 0.373 e. The van der Waals surface area contributed by atoms with Crippen LogP contribution in [0.5, 0.6) is 0 Å². The fraction of sp³-hybridized carbons (Fsp3) is 0.600. The Morgan fingerprint density at radius 1 is 1.75 bits per heavy atom. The molecule has 1 aliphatic rings. The summed E-state index contributed by atoms with van der Waals surface area (Å²) in [7, 11) is 0. The lowest BCUT2D eigenvalue weighted by molar-refractivity contribution is 0.0375. The van der Waals surface area contributed by atoms with Gasteiger partial charge in [0.1, 0.15) is 0 Å². The Hall–Kier alpha value is -0.880. The van der Waals surface area contributed by atoms with E-state index in [1.165, 1.54) is 0 Å². The normalized spacial score (nSPS) is 25.8. The van der Waals surface area contributed by atoms with Gasteiger partial charge in [0, 0.05) is 24.3 Å². The van der Waals surface area contributed by atoms with Crippen LogP contribution in [0.2, 0.25) is 0 Å². The zero-order chi connectivity index (χ0) is 11.5. The first-order chi connectivity index (χ1) is 7.72. The molecule has 0 amide bonds. The molecule has 6 heteroatoms. The van der Waals surface area contributed by atoms with Crippen LogP contribution < -0.4 is 10.5 Å². The smallest absolute Gasteiger partial charge is 0.290 e. The molecule has 0 aromatic carbocycles. The molecule has 2 atom stereocenters. The van der Waals surface area contributed by atoms with Gasteiger partial charge in [-0.25, -0.2) is 4.98 Å². The lowest BCUT2D eigenvalue weighted by Crippen LogP contribution is -2.51. The van der Waals surface area contributed by atoms with Crippen molar-refractivity contribution in [2.75, 3.05) is 23.4 Å². The average molecular weight is 288 g/mol. The quantitative estimate of drug-likeness (QED) is 0.816. The summed E-state index contributed by atoms with van der Waals surface area (Å²) in [4.78, 5) is 20.4. The predicted octanol–water partition coefficient (Wildman–Crippen LogP) is 0.758. The summed E-state index contributed by atoms with van der Waals surface area (Å²) in [5, 5.41) is 0.765. The van der Waals surface area contributed by atoms with Gasteiger partial charge in [-0.2, -0.15) is 0 Å². The van der Waals surface area contributed by atoms with Crippen LogP contribution in [-0.4, -0.2) is 40.6 Å². The van der Waals surface area contributed by atoms with Crippen molar-refractivity contribution in [2.24, 2.45) is 0 Å². The minimum absolute atomic E-state index is 0.109. The van der Waals surface area contributed by atoms with Crippen LogP contribution in [0.3, 0.4) is 0 Å². The first-order valence-corrected chi connectivity index (χ1v) is 6.32. The molecule has 1 aromatic heterocycles. The summed E-state index contributed by atoms with van der Waals surface area (Å²) < 4.78 is 5.60. The average Bonchev–Trinajstić information content (AvgIpc) is 2.31. The zero-order valence-electron chi connectivity index (χ0n) is 9.02. The van der Waals surface area contributed by atoms with Crippen LogP contribution in [0.1, 0.15) is 6.92 Å². The lowest BCUT2D eigenvalue weighted by Gasteiger charge is -2.37. The highest BCUT2D eigenvalue weighted by atomic mass is 79.9. The number of ether oxygens (including phenoxy) is 1. The predicted molar refractivity (Wildman–Crippen MR) is 65.2 cm³/mol. The van der Waals surface area contributed by atoms with Gasteiger partial charge in [0.2, 0.25) is 0 Å². The molecule has 1 aliphatic heterocycles. The van der Waals surface area contributed by atoms with Gasteiger partial charge in [0.25, 0.3) is 5.56 Å². The van der Waals surface area contributed by atoms with E-state index in [1.807, 2.05) is 11.8 Å². The van der Waals surface area contributed by atoms with Crippen molar-refractivity contribution in [1.82, 2.24) is 9.97 Å². The number of alkyl halides is 1. The highest BCUT2D eigenvalue weighted by Crippen LogP contribution is 2.17. The molecule has 1 N–H and O–H groups in total. The molecule has 0 spiro atoms. The van der Waals surface area contributed by atoms with E-state index >= 15 is 0 Å². The van der Waals surface area contributed by atoms with Crippen LogP contribution in [0, 0.1) is 0 Å². The third kappa shape index (κ3) is 2.27. The van der Waals surface area contributed by atoms with E-state index in [4.69, 9.17) is 4.74 Å². The third-order valence-electron chi connectivity index (χ3n) is 2.64. The molecular formula is C10H14BrN3O2. The van der Waals surface area contributed by atoms with E-state index in [0.29, 0.717) is 19.0 Å². The number of nitrogens with zero attached hydrogens (tertiary/aromatic N) is 2. The number of anilines is 1. The maximum atomic E-state index is 11.6. The molecule has 2 unspecified atom stereocenters. The van der Waals surface area contributed by atoms with Gasteiger partial charge in [-0.15, -0.1) is 0 Å². The Bertz CT molecular complexity index is 409. The molecule has 0 saturated carbocycles. The Balaban J connectivity index is 2.25. The highest BCUT2D eigenvalue weighted by Gasteiger charge is 2.27. The van der Waals surface area contributed by atoms with Gasteiger partial charge >= 0.3 is 0 Å². The molecule has 1 saturated heterocycles.